The van der Waals surface area contributed by atoms with E-state index in [1.165, 1.54) is 0 Å². The quantitative estimate of drug-likeness (QED) is 0.697. The van der Waals surface area contributed by atoms with Gasteiger partial charge >= 0.3 is 0 Å². The largest absolute Gasteiger partial charge is 0.490 e. The number of hydrogen-bond donors (Lipinski definition) is 1. The smallest absolute Gasteiger partial charge is 0.233 e. The molecule has 0 spiro atoms. The molecule has 1 aliphatic rings. The predicted molar refractivity (Wildman–Crippen MR) is 68.4 cm³/mol. The second-order valence-corrected chi connectivity index (χ2v) is 4.67. The van der Waals surface area contributed by atoms with Crippen LogP contribution in [0.2, 0.25) is 0 Å². The highest BCUT2D eigenvalue weighted by molar-refractivity contribution is 5.97. The first-order valence-corrected chi connectivity index (χ1v) is 5.73. The number of hydrogen-bond acceptors (Lipinski definition) is 3. The Hall–Kier alpha value is -1.71. The lowest BCUT2D eigenvalue weighted by atomic mass is 10.0. The first-order chi connectivity index (χ1) is 7.93. The molecule has 0 fully saturated rings. The molecule has 0 aromatic heterocycles. The second-order valence-electron chi connectivity index (χ2n) is 4.67. The number of carbonyl (C=O) groups excluding carboxylic acids is 1. The average molecular weight is 234 g/mol. The number of carbonyl (C=O) groups is 1. The Morgan fingerprint density at radius 2 is 2.06 bits per heavy atom. The summed E-state index contributed by atoms with van der Waals surface area (Å²) in [5, 5.41) is 0. The van der Waals surface area contributed by atoms with E-state index in [-0.39, 0.29) is 11.8 Å². The Bertz CT molecular complexity index is 483. The Labute approximate surface area is 101 Å². The van der Waals surface area contributed by atoms with Gasteiger partial charge in [0, 0.05) is 12.7 Å². The zero-order chi connectivity index (χ0) is 12.7. The van der Waals surface area contributed by atoms with Gasteiger partial charge in [-0.15, -0.1) is 0 Å². The minimum Gasteiger partial charge on any atom is -0.490 e. The fourth-order valence-electron chi connectivity index (χ4n) is 2.06. The van der Waals surface area contributed by atoms with Crippen LogP contribution in [0.25, 0.3) is 0 Å². The molecule has 17 heavy (non-hydrogen) atoms. The van der Waals surface area contributed by atoms with Crippen LogP contribution in [0.5, 0.6) is 5.75 Å². The summed E-state index contributed by atoms with van der Waals surface area (Å²) in [6.45, 7) is 6.22. The van der Waals surface area contributed by atoms with Gasteiger partial charge in [0.25, 0.3) is 0 Å². The summed E-state index contributed by atoms with van der Waals surface area (Å²) in [6.07, 6.45) is 0. The lowest BCUT2D eigenvalue weighted by molar-refractivity contribution is -0.122. The van der Waals surface area contributed by atoms with Crippen molar-refractivity contribution in [3.05, 3.63) is 17.2 Å². The number of ether oxygens (including phenoxy) is 1. The fourth-order valence-corrected chi connectivity index (χ4v) is 2.06. The van der Waals surface area contributed by atoms with Gasteiger partial charge in [-0.2, -0.15) is 0 Å². The normalized spacial score (nSPS) is 19.6. The van der Waals surface area contributed by atoms with Crippen molar-refractivity contribution < 1.29 is 9.53 Å². The monoisotopic (exact) mass is 234 g/mol. The maximum absolute atomic E-state index is 12.0. The van der Waals surface area contributed by atoms with Gasteiger partial charge in [-0.3, -0.25) is 4.79 Å². The number of fused-ring (bicyclic) bond motifs is 1. The topological polar surface area (TPSA) is 55.6 Å². The summed E-state index contributed by atoms with van der Waals surface area (Å²) >= 11 is 0. The highest BCUT2D eigenvalue weighted by Gasteiger charge is 2.27. The van der Waals surface area contributed by atoms with Crippen molar-refractivity contribution in [3.8, 4) is 5.75 Å². The zero-order valence-electron chi connectivity index (χ0n) is 10.7. The van der Waals surface area contributed by atoms with Crippen molar-refractivity contribution >= 4 is 17.3 Å². The lowest BCUT2D eigenvalue weighted by Crippen LogP contribution is -2.31. The standard InChI is InChI=1S/C13H18N2O2/c1-7-6-17-12-9(3)8(2)10(14)5-11(12)15(4)13(7)16/h5,7H,6,14H2,1-4H3. The summed E-state index contributed by atoms with van der Waals surface area (Å²) in [5.41, 5.74) is 9.42. The van der Waals surface area contributed by atoms with E-state index >= 15 is 0 Å². The van der Waals surface area contributed by atoms with E-state index in [2.05, 4.69) is 0 Å². The van der Waals surface area contributed by atoms with Gasteiger partial charge in [0.2, 0.25) is 5.91 Å². The van der Waals surface area contributed by atoms with Gasteiger partial charge in [-0.1, -0.05) is 6.92 Å². The molecule has 0 radical (unpaired) electrons. The molecular formula is C13H18N2O2. The molecule has 1 amide bonds. The molecule has 0 bridgehead atoms. The van der Waals surface area contributed by atoms with Crippen LogP contribution in [0.15, 0.2) is 6.07 Å². The van der Waals surface area contributed by atoms with Crippen LogP contribution in [0.1, 0.15) is 18.1 Å². The van der Waals surface area contributed by atoms with Gasteiger partial charge < -0.3 is 15.4 Å². The summed E-state index contributed by atoms with van der Waals surface area (Å²) in [4.78, 5) is 13.7. The van der Waals surface area contributed by atoms with Gasteiger partial charge in [0.05, 0.1) is 18.2 Å². The van der Waals surface area contributed by atoms with Gasteiger partial charge in [0.15, 0.2) is 0 Å². The van der Waals surface area contributed by atoms with Crippen molar-refractivity contribution in [1.29, 1.82) is 0 Å². The van der Waals surface area contributed by atoms with Crippen LogP contribution < -0.4 is 15.4 Å². The molecule has 1 aliphatic heterocycles. The molecule has 92 valence electrons. The van der Waals surface area contributed by atoms with Crippen LogP contribution in [0, 0.1) is 19.8 Å². The van der Waals surface area contributed by atoms with Crippen LogP contribution in [0.3, 0.4) is 0 Å². The molecule has 2 rings (SSSR count). The maximum atomic E-state index is 12.0. The summed E-state index contributed by atoms with van der Waals surface area (Å²) in [7, 11) is 1.76. The maximum Gasteiger partial charge on any atom is 0.233 e. The van der Waals surface area contributed by atoms with Gasteiger partial charge in [-0.05, 0) is 31.0 Å². The van der Waals surface area contributed by atoms with E-state index in [1.807, 2.05) is 26.8 Å². The van der Waals surface area contributed by atoms with Crippen molar-refractivity contribution in [2.45, 2.75) is 20.8 Å². The summed E-state index contributed by atoms with van der Waals surface area (Å²) in [6, 6.07) is 1.81. The highest BCUT2D eigenvalue weighted by Crippen LogP contribution is 2.39. The minimum atomic E-state index is -0.131. The number of benzene rings is 1. The number of anilines is 2. The van der Waals surface area contributed by atoms with E-state index in [4.69, 9.17) is 10.5 Å². The molecule has 1 heterocycles. The first kappa shape index (κ1) is 11.8. The number of rotatable bonds is 0. The number of nitrogen functional groups attached to an aromatic ring is 1. The molecule has 1 unspecified atom stereocenters. The molecule has 4 nitrogen and oxygen atoms in total. The Morgan fingerprint density at radius 1 is 1.41 bits per heavy atom. The fraction of sp³-hybridized carbons (Fsp3) is 0.462. The molecule has 4 heteroatoms. The van der Waals surface area contributed by atoms with Gasteiger partial charge in [0.1, 0.15) is 5.75 Å². The van der Waals surface area contributed by atoms with E-state index in [1.54, 1.807) is 11.9 Å². The Balaban J connectivity index is 2.63. The molecule has 2 N–H and O–H groups in total. The number of nitrogens with zero attached hydrogens (tertiary/aromatic N) is 1. The third-order valence-electron chi connectivity index (χ3n) is 3.45. The van der Waals surface area contributed by atoms with E-state index < -0.39 is 0 Å². The molecule has 0 aliphatic carbocycles. The van der Waals surface area contributed by atoms with Crippen LogP contribution in [-0.2, 0) is 4.79 Å². The SMILES string of the molecule is Cc1c(N)cc2c(c1C)OCC(C)C(=O)N2C. The van der Waals surface area contributed by atoms with Crippen molar-refractivity contribution in [2.75, 3.05) is 24.3 Å². The van der Waals surface area contributed by atoms with Crippen molar-refractivity contribution in [2.24, 2.45) is 5.92 Å². The first-order valence-electron chi connectivity index (χ1n) is 5.73. The molecule has 0 saturated heterocycles. The summed E-state index contributed by atoms with van der Waals surface area (Å²) < 4.78 is 5.75. The predicted octanol–water partition coefficient (Wildman–Crippen LogP) is 1.88. The van der Waals surface area contributed by atoms with E-state index in [0.717, 1.165) is 22.6 Å². The lowest BCUT2D eigenvalue weighted by Gasteiger charge is -2.20. The van der Waals surface area contributed by atoms with Crippen LogP contribution in [-0.4, -0.2) is 19.6 Å². The van der Waals surface area contributed by atoms with E-state index in [0.29, 0.717) is 12.3 Å². The van der Waals surface area contributed by atoms with Gasteiger partial charge in [-0.25, -0.2) is 0 Å². The third kappa shape index (κ3) is 1.73. The minimum absolute atomic E-state index is 0.0615. The van der Waals surface area contributed by atoms with Crippen LogP contribution in [0.4, 0.5) is 11.4 Å². The molecule has 1 aromatic rings. The van der Waals surface area contributed by atoms with Crippen LogP contribution >= 0.6 is 0 Å². The molecule has 1 aromatic carbocycles. The van der Waals surface area contributed by atoms with E-state index in [9.17, 15) is 4.79 Å². The summed E-state index contributed by atoms with van der Waals surface area (Å²) in [5.74, 6) is 0.705. The third-order valence-corrected chi connectivity index (χ3v) is 3.45. The Morgan fingerprint density at radius 3 is 2.71 bits per heavy atom. The molecular weight excluding hydrogens is 216 g/mol. The number of nitrogens with two attached hydrogens (primary N) is 1. The highest BCUT2D eigenvalue weighted by atomic mass is 16.5. The number of amides is 1. The second kappa shape index (κ2) is 3.95. The zero-order valence-corrected chi connectivity index (χ0v) is 10.7. The molecule has 1 atom stereocenters. The molecule has 0 saturated carbocycles. The Kier molecular flexibility index (Phi) is 2.73. The average Bonchev–Trinajstić information content (AvgIpc) is 2.40. The van der Waals surface area contributed by atoms with Crippen molar-refractivity contribution in [3.63, 3.8) is 0 Å². The van der Waals surface area contributed by atoms with Crippen molar-refractivity contribution in [1.82, 2.24) is 0 Å².